The molecule has 0 aliphatic rings. The summed E-state index contributed by atoms with van der Waals surface area (Å²) < 4.78 is 2.21. The van der Waals surface area contributed by atoms with Crippen LogP contribution in [0.5, 0.6) is 0 Å². The maximum absolute atomic E-state index is 6.49. The third kappa shape index (κ3) is 6.75. The third-order valence-corrected chi connectivity index (χ3v) is 17.8. The Bertz CT molecular complexity index is 1550. The van der Waals surface area contributed by atoms with Crippen molar-refractivity contribution < 1.29 is 0 Å². The lowest BCUT2D eigenvalue weighted by atomic mass is 10.3. The normalized spacial score (nSPS) is 11.3. The second-order valence-electron chi connectivity index (χ2n) is 9.80. The van der Waals surface area contributed by atoms with Crippen LogP contribution in [0.3, 0.4) is 0 Å². The van der Waals surface area contributed by atoms with Gasteiger partial charge in [0, 0.05) is 8.95 Å². The Hall–Kier alpha value is -2.71. The van der Waals surface area contributed by atoms with Crippen LogP contribution in [0.4, 0.5) is 0 Å². The Balaban J connectivity index is 0.000000199. The van der Waals surface area contributed by atoms with Gasteiger partial charge in [0.1, 0.15) is 0 Å². The largest absolute Gasteiger partial charge is 0.310 e. The third-order valence-electron chi connectivity index (χ3n) is 7.24. The molecule has 0 amide bonds. The van der Waals surface area contributed by atoms with E-state index in [1.54, 1.807) is 0 Å². The van der Waals surface area contributed by atoms with Crippen molar-refractivity contribution in [1.29, 1.82) is 0 Å². The lowest BCUT2D eigenvalue weighted by Crippen LogP contribution is -2.74. The first kappa shape index (κ1) is 30.7. The van der Waals surface area contributed by atoms with Gasteiger partial charge in [-0.05, 0) is 55.4 Å². The van der Waals surface area contributed by atoms with Crippen LogP contribution in [0.1, 0.15) is 0 Å². The van der Waals surface area contributed by atoms with Gasteiger partial charge in [0.05, 0.1) is 0 Å². The van der Waals surface area contributed by atoms with Crippen molar-refractivity contribution in [1.82, 2.24) is 0 Å². The zero-order chi connectivity index (χ0) is 29.4. The average molecular weight is 748 g/mol. The molecule has 6 heteroatoms. The van der Waals surface area contributed by atoms with E-state index in [1.807, 2.05) is 60.7 Å². The molecule has 0 fully saturated rings. The highest BCUT2D eigenvalue weighted by atomic mass is 79.9. The SMILES string of the molecule is Brc1ccc([Si](c2ccccc2)(c2ccccc2)c2ccc(Br)cc2)cc1.Cl[Si](Cl)(c1ccccc1)c1ccccc1. The summed E-state index contributed by atoms with van der Waals surface area (Å²) in [5.41, 5.74) is 0. The van der Waals surface area contributed by atoms with Gasteiger partial charge in [0.15, 0.2) is 8.07 Å². The molecule has 0 aliphatic carbocycles. The van der Waals surface area contributed by atoms with E-state index >= 15 is 0 Å². The number of halogens is 4. The van der Waals surface area contributed by atoms with Crippen molar-refractivity contribution in [2.24, 2.45) is 0 Å². The van der Waals surface area contributed by atoms with E-state index in [9.17, 15) is 0 Å². The summed E-state index contributed by atoms with van der Waals surface area (Å²) in [7, 11) is -2.39. The topological polar surface area (TPSA) is 0 Å². The summed E-state index contributed by atoms with van der Waals surface area (Å²) >= 11 is 20.2. The molecule has 0 saturated heterocycles. The van der Waals surface area contributed by atoms with Gasteiger partial charge in [-0.25, -0.2) is 0 Å². The molecule has 0 unspecified atom stereocenters. The van der Waals surface area contributed by atoms with Crippen LogP contribution >= 0.6 is 54.0 Å². The van der Waals surface area contributed by atoms with Gasteiger partial charge in [-0.2, -0.15) is 0 Å². The van der Waals surface area contributed by atoms with Gasteiger partial charge in [-0.3, -0.25) is 0 Å². The molecule has 6 aromatic rings. The summed E-state index contributed by atoms with van der Waals surface area (Å²) in [5, 5.41) is 7.59. The van der Waals surface area contributed by atoms with Crippen molar-refractivity contribution in [2.45, 2.75) is 0 Å². The van der Waals surface area contributed by atoms with E-state index in [0.717, 1.165) is 19.3 Å². The molecule has 6 aromatic carbocycles. The first-order valence-corrected chi connectivity index (χ1v) is 21.2. The molecule has 0 bridgehead atoms. The van der Waals surface area contributed by atoms with Crippen LogP contribution in [0, 0.1) is 0 Å². The van der Waals surface area contributed by atoms with Crippen molar-refractivity contribution >= 4 is 99.9 Å². The Kier molecular flexibility index (Phi) is 10.4. The zero-order valence-corrected chi connectivity index (χ0v) is 29.4. The van der Waals surface area contributed by atoms with E-state index in [1.165, 1.54) is 20.7 Å². The number of hydrogen-bond acceptors (Lipinski definition) is 0. The van der Waals surface area contributed by atoms with Gasteiger partial charge in [0.2, 0.25) is 0 Å². The number of rotatable bonds is 6. The van der Waals surface area contributed by atoms with Crippen molar-refractivity contribution in [2.75, 3.05) is 0 Å². The predicted octanol–water partition coefficient (Wildman–Crippen LogP) is 7.31. The molecular weight excluding hydrogens is 719 g/mol. The van der Waals surface area contributed by atoms with Crippen molar-refractivity contribution in [3.05, 3.63) is 179 Å². The average Bonchev–Trinajstić information content (AvgIpc) is 3.05. The molecule has 0 atom stereocenters. The summed E-state index contributed by atoms with van der Waals surface area (Å²) in [4.78, 5) is 0. The van der Waals surface area contributed by atoms with Crippen LogP contribution in [-0.2, 0) is 0 Å². The van der Waals surface area contributed by atoms with E-state index in [0.29, 0.717) is 0 Å². The molecule has 42 heavy (non-hydrogen) atoms. The highest BCUT2D eigenvalue weighted by Crippen LogP contribution is 2.16. The molecule has 0 heterocycles. The van der Waals surface area contributed by atoms with Crippen LogP contribution in [0.2, 0.25) is 0 Å². The molecule has 0 aromatic heterocycles. The number of hydrogen-bond donors (Lipinski definition) is 0. The van der Waals surface area contributed by atoms with E-state index in [-0.39, 0.29) is 0 Å². The Morgan fingerprint density at radius 3 is 0.833 bits per heavy atom. The maximum Gasteiger partial charge on any atom is 0.310 e. The smallest absolute Gasteiger partial charge is 0.134 e. The summed E-state index contributed by atoms with van der Waals surface area (Å²) in [6, 6.07) is 59.4. The molecule has 0 radical (unpaired) electrons. The predicted molar refractivity (Wildman–Crippen MR) is 195 cm³/mol. The minimum Gasteiger partial charge on any atom is -0.134 e. The van der Waals surface area contributed by atoms with Crippen LogP contribution in [0.25, 0.3) is 0 Å². The minimum absolute atomic E-state index is 1.03. The van der Waals surface area contributed by atoms with E-state index in [4.69, 9.17) is 22.2 Å². The second-order valence-corrected chi connectivity index (χ2v) is 21.7. The molecule has 0 spiro atoms. The van der Waals surface area contributed by atoms with Gasteiger partial charge in [0.25, 0.3) is 0 Å². The van der Waals surface area contributed by atoms with Gasteiger partial charge >= 0.3 is 6.69 Å². The number of benzene rings is 6. The summed E-state index contributed by atoms with van der Waals surface area (Å²) in [6.07, 6.45) is 0. The van der Waals surface area contributed by atoms with Gasteiger partial charge < -0.3 is 0 Å². The zero-order valence-electron chi connectivity index (χ0n) is 22.7. The van der Waals surface area contributed by atoms with E-state index < -0.39 is 14.8 Å². The Morgan fingerprint density at radius 1 is 0.310 bits per heavy atom. The monoisotopic (exact) mass is 744 g/mol. The molecule has 0 saturated carbocycles. The van der Waals surface area contributed by atoms with Crippen LogP contribution in [-0.4, -0.2) is 14.8 Å². The highest BCUT2D eigenvalue weighted by molar-refractivity contribution is 9.10. The maximum atomic E-state index is 6.49. The Morgan fingerprint density at radius 2 is 0.548 bits per heavy atom. The summed E-state index contributed by atoms with van der Waals surface area (Å²) in [5.74, 6) is 0. The molecule has 0 aliphatic heterocycles. The van der Waals surface area contributed by atoms with E-state index in [2.05, 4.69) is 141 Å². The highest BCUT2D eigenvalue weighted by Gasteiger charge is 2.41. The molecule has 0 nitrogen and oxygen atoms in total. The Labute approximate surface area is 276 Å². The van der Waals surface area contributed by atoms with Crippen molar-refractivity contribution in [3.8, 4) is 0 Å². The lowest BCUT2D eigenvalue weighted by molar-refractivity contribution is 1.63. The van der Waals surface area contributed by atoms with Gasteiger partial charge in [-0.1, -0.05) is 177 Å². The second kappa shape index (κ2) is 14.2. The van der Waals surface area contributed by atoms with Gasteiger partial charge in [-0.15, -0.1) is 22.2 Å². The quantitative estimate of drug-likeness (QED) is 0.0954. The fourth-order valence-corrected chi connectivity index (χ4v) is 13.6. The fourth-order valence-electron chi connectivity index (χ4n) is 5.24. The summed E-state index contributed by atoms with van der Waals surface area (Å²) in [6.45, 7) is -2.51. The minimum atomic E-state index is -2.51. The van der Waals surface area contributed by atoms with Crippen molar-refractivity contribution in [3.63, 3.8) is 0 Å². The molecule has 6 rings (SSSR count). The molecule has 0 N–H and O–H groups in total. The first-order chi connectivity index (χ1) is 20.4. The lowest BCUT2D eigenvalue weighted by Gasteiger charge is -2.34. The molecular formula is C36H28Br2Cl2Si2. The fraction of sp³-hybridized carbons (Fsp3) is 0. The van der Waals surface area contributed by atoms with Crippen LogP contribution in [0.15, 0.2) is 179 Å². The van der Waals surface area contributed by atoms with Crippen LogP contribution < -0.4 is 31.1 Å². The first-order valence-electron chi connectivity index (χ1n) is 13.5. The standard InChI is InChI=1S/C24H18Br2Si.C12H10Cl2Si/c25-19-11-15-23(16-12-19)27(21-7-3-1-4-8-21,22-9-5-2-6-10-22)24-17-13-20(26)14-18-24;13-15(14,11-7-3-1-4-8-11)12-9-5-2-6-10-12/h1-18H;1-10H. The molecule has 208 valence electrons.